The molecule has 0 aliphatic rings. The lowest BCUT2D eigenvalue weighted by molar-refractivity contribution is 0.953. The summed E-state index contributed by atoms with van der Waals surface area (Å²) in [5.41, 5.74) is 10.9. The van der Waals surface area contributed by atoms with Gasteiger partial charge < -0.3 is 0 Å². The van der Waals surface area contributed by atoms with Crippen molar-refractivity contribution in [3.05, 3.63) is 243 Å². The zero-order chi connectivity index (χ0) is 47.3. The van der Waals surface area contributed by atoms with Crippen molar-refractivity contribution in [2.45, 2.75) is 0 Å². The molecular weight excluding hydrogens is 893 g/mol. The van der Waals surface area contributed by atoms with E-state index in [-0.39, 0.29) is 0 Å². The third-order valence-corrected chi connectivity index (χ3v) is 15.7. The van der Waals surface area contributed by atoms with Gasteiger partial charge in [-0.15, -0.1) is 11.3 Å². The van der Waals surface area contributed by atoms with E-state index < -0.39 is 0 Å². The maximum absolute atomic E-state index is 5.36. The highest BCUT2D eigenvalue weighted by atomic mass is 32.1. The normalized spacial score (nSPS) is 11.9. The van der Waals surface area contributed by atoms with E-state index in [0.717, 1.165) is 49.6 Å². The van der Waals surface area contributed by atoms with E-state index in [1.54, 1.807) is 0 Å². The average Bonchev–Trinajstić information content (AvgIpc) is 3.98. The van der Waals surface area contributed by atoms with Crippen LogP contribution in [-0.4, -0.2) is 19.5 Å². The molecule has 0 spiro atoms. The standard InChI is InChI=1S/C67H40N4S/c1-3-16-41(17-4-1)44-21-15-22-48(36-44)66-68-65(43-19-5-2-6-20-43)69-67(70-66)71-59-29-14-13-24-50(59)51-34-32-46(37-60(51)71)63-53-25-9-11-27-55(53)64(56-28-12-10-26-54(56)63)47-33-35-52-58-40-57-45(38-62(58)72-61(52)39-47)31-30-42-18-7-8-23-49(42)57/h1-40H. The van der Waals surface area contributed by atoms with Gasteiger partial charge in [0.15, 0.2) is 11.6 Å². The van der Waals surface area contributed by atoms with Gasteiger partial charge in [0, 0.05) is 42.1 Å². The second-order valence-corrected chi connectivity index (χ2v) is 19.8. The first-order valence-electron chi connectivity index (χ1n) is 24.4. The van der Waals surface area contributed by atoms with E-state index >= 15 is 0 Å². The minimum Gasteiger partial charge on any atom is -0.278 e. The first kappa shape index (κ1) is 40.6. The van der Waals surface area contributed by atoms with Gasteiger partial charge >= 0.3 is 0 Å². The Labute approximate surface area is 418 Å². The summed E-state index contributed by atoms with van der Waals surface area (Å²) in [6.07, 6.45) is 0. The van der Waals surface area contributed by atoms with Gasteiger partial charge in [-0.05, 0) is 113 Å². The Bertz CT molecular complexity index is 4630. The molecule has 0 radical (unpaired) electrons. The van der Waals surface area contributed by atoms with Crippen LogP contribution in [0.15, 0.2) is 243 Å². The van der Waals surface area contributed by atoms with Gasteiger partial charge in [-0.3, -0.25) is 4.57 Å². The van der Waals surface area contributed by atoms with Crippen LogP contribution in [0.1, 0.15) is 0 Å². The molecule has 0 saturated carbocycles. The molecule has 0 aliphatic heterocycles. The summed E-state index contributed by atoms with van der Waals surface area (Å²) in [7, 11) is 0. The van der Waals surface area contributed by atoms with Gasteiger partial charge in [0.1, 0.15) is 0 Å². The van der Waals surface area contributed by atoms with Crippen molar-refractivity contribution < 1.29 is 0 Å². The lowest BCUT2D eigenvalue weighted by Crippen LogP contribution is -2.06. The van der Waals surface area contributed by atoms with Crippen LogP contribution < -0.4 is 0 Å². The summed E-state index contributed by atoms with van der Waals surface area (Å²) in [4.78, 5) is 15.8. The average molecular weight is 933 g/mol. The Kier molecular flexibility index (Phi) is 9.10. The number of benzene rings is 12. The highest BCUT2D eigenvalue weighted by molar-refractivity contribution is 7.26. The SMILES string of the molecule is c1ccc(-c2cccc(-c3nc(-c4ccccc4)nc(-n4c5ccccc5c5ccc(-c6c7ccccc7c(-c7ccc8c(c7)sc7cc9ccc%10ccccc%10c9cc78)c7ccccc67)cc54)n3)c2)cc1. The fourth-order valence-corrected chi connectivity index (χ4v) is 12.5. The van der Waals surface area contributed by atoms with Crippen molar-refractivity contribution in [2.24, 2.45) is 0 Å². The fraction of sp³-hybridized carbons (Fsp3) is 0. The van der Waals surface area contributed by atoms with E-state index in [2.05, 4.69) is 223 Å². The second-order valence-electron chi connectivity index (χ2n) is 18.7. The van der Waals surface area contributed by atoms with Crippen LogP contribution >= 0.6 is 11.3 Å². The van der Waals surface area contributed by atoms with Gasteiger partial charge in [0.05, 0.1) is 11.0 Å². The van der Waals surface area contributed by atoms with Gasteiger partial charge in [-0.25, -0.2) is 4.98 Å². The molecule has 0 aliphatic carbocycles. The zero-order valence-corrected chi connectivity index (χ0v) is 39.6. The third kappa shape index (κ3) is 6.41. The molecule has 15 aromatic rings. The lowest BCUT2D eigenvalue weighted by Gasteiger charge is -2.18. The highest BCUT2D eigenvalue weighted by Crippen LogP contribution is 2.47. The molecular formula is C67H40N4S. The smallest absolute Gasteiger partial charge is 0.238 e. The lowest BCUT2D eigenvalue weighted by atomic mass is 9.85. The van der Waals surface area contributed by atoms with Crippen molar-refractivity contribution >= 4 is 96.4 Å². The molecule has 12 aromatic carbocycles. The van der Waals surface area contributed by atoms with E-state index in [4.69, 9.17) is 15.0 Å². The number of hydrogen-bond donors (Lipinski definition) is 0. The molecule has 15 rings (SSSR count). The van der Waals surface area contributed by atoms with Crippen molar-refractivity contribution in [3.8, 4) is 62.1 Å². The van der Waals surface area contributed by atoms with E-state index in [1.807, 2.05) is 35.6 Å². The monoisotopic (exact) mass is 932 g/mol. The molecule has 0 saturated heterocycles. The Morgan fingerprint density at radius 2 is 0.792 bits per heavy atom. The topological polar surface area (TPSA) is 43.6 Å². The van der Waals surface area contributed by atoms with Crippen molar-refractivity contribution in [2.75, 3.05) is 0 Å². The minimum absolute atomic E-state index is 0.565. The summed E-state index contributed by atoms with van der Waals surface area (Å²) < 4.78 is 4.83. The molecule has 3 aromatic heterocycles. The minimum atomic E-state index is 0.565. The summed E-state index contributed by atoms with van der Waals surface area (Å²) >= 11 is 1.89. The van der Waals surface area contributed by atoms with Crippen LogP contribution in [-0.2, 0) is 0 Å². The molecule has 0 fully saturated rings. The van der Waals surface area contributed by atoms with Gasteiger partial charge in [0.25, 0.3) is 0 Å². The van der Waals surface area contributed by atoms with Crippen molar-refractivity contribution in [1.82, 2.24) is 19.5 Å². The molecule has 0 amide bonds. The van der Waals surface area contributed by atoms with Crippen molar-refractivity contribution in [3.63, 3.8) is 0 Å². The van der Waals surface area contributed by atoms with E-state index in [9.17, 15) is 0 Å². The first-order chi connectivity index (χ1) is 35.7. The fourth-order valence-electron chi connectivity index (χ4n) is 11.3. The molecule has 3 heterocycles. The quantitative estimate of drug-likeness (QED) is 0.123. The number of nitrogens with zero attached hydrogens (tertiary/aromatic N) is 4. The number of aromatic nitrogens is 4. The Hall–Kier alpha value is -9.29. The number of thiophene rings is 1. The Morgan fingerprint density at radius 1 is 0.264 bits per heavy atom. The first-order valence-corrected chi connectivity index (χ1v) is 25.2. The molecule has 0 bridgehead atoms. The Morgan fingerprint density at radius 3 is 1.51 bits per heavy atom. The molecule has 0 N–H and O–H groups in total. The predicted molar refractivity (Wildman–Crippen MR) is 304 cm³/mol. The van der Waals surface area contributed by atoms with Crippen LogP contribution in [0.25, 0.3) is 147 Å². The van der Waals surface area contributed by atoms with Gasteiger partial charge in [-0.1, -0.05) is 206 Å². The molecule has 4 nitrogen and oxygen atoms in total. The number of hydrogen-bond acceptors (Lipinski definition) is 4. The maximum Gasteiger partial charge on any atom is 0.238 e. The van der Waals surface area contributed by atoms with Gasteiger partial charge in [-0.2, -0.15) is 9.97 Å². The van der Waals surface area contributed by atoms with Crippen LogP contribution in [0.2, 0.25) is 0 Å². The number of fused-ring (bicyclic) bond motifs is 11. The summed E-state index contributed by atoms with van der Waals surface area (Å²) in [6.45, 7) is 0. The van der Waals surface area contributed by atoms with Crippen LogP contribution in [0, 0.1) is 0 Å². The zero-order valence-electron chi connectivity index (χ0n) is 38.8. The maximum atomic E-state index is 5.36. The van der Waals surface area contributed by atoms with Crippen molar-refractivity contribution in [1.29, 1.82) is 0 Å². The molecule has 5 heteroatoms. The van der Waals surface area contributed by atoms with Crippen LogP contribution in [0.5, 0.6) is 0 Å². The molecule has 334 valence electrons. The largest absolute Gasteiger partial charge is 0.278 e. The number of rotatable bonds is 6. The highest BCUT2D eigenvalue weighted by Gasteiger charge is 2.22. The summed E-state index contributed by atoms with van der Waals surface area (Å²) in [6, 6.07) is 87.7. The second kappa shape index (κ2) is 16.1. The third-order valence-electron chi connectivity index (χ3n) is 14.6. The molecule has 72 heavy (non-hydrogen) atoms. The molecule has 0 atom stereocenters. The van der Waals surface area contributed by atoms with Crippen LogP contribution in [0.3, 0.4) is 0 Å². The summed E-state index contributed by atoms with van der Waals surface area (Å²) in [5.74, 6) is 1.80. The van der Waals surface area contributed by atoms with E-state index in [1.165, 1.54) is 80.0 Å². The predicted octanol–water partition coefficient (Wildman–Crippen LogP) is 18.3. The van der Waals surface area contributed by atoms with E-state index in [0.29, 0.717) is 17.6 Å². The van der Waals surface area contributed by atoms with Gasteiger partial charge in [0.2, 0.25) is 5.95 Å². The van der Waals surface area contributed by atoms with Crippen LogP contribution in [0.4, 0.5) is 0 Å². The Balaban J connectivity index is 0.930. The summed E-state index contributed by atoms with van der Waals surface area (Å²) in [5, 5.41) is 14.9. The molecule has 0 unspecified atom stereocenters. The number of para-hydroxylation sites is 1.